The predicted octanol–water partition coefficient (Wildman–Crippen LogP) is -0.992. The van der Waals surface area contributed by atoms with E-state index in [1.807, 2.05) is 0 Å². The maximum Gasteiger partial charge on any atom is 0.239 e. The molecule has 1 heterocycles. The average Bonchev–Trinajstić information content (AvgIpc) is 2.55. The number of primary amides is 1. The van der Waals surface area contributed by atoms with E-state index < -0.39 is 11.9 Å². The molecule has 0 aromatic rings. The molecule has 2 amide bonds. The Labute approximate surface area is 89.2 Å². The van der Waals surface area contributed by atoms with E-state index in [-0.39, 0.29) is 24.2 Å². The number of amides is 2. The summed E-state index contributed by atoms with van der Waals surface area (Å²) in [5.41, 5.74) is 5.01. The van der Waals surface area contributed by atoms with E-state index in [9.17, 15) is 9.59 Å². The van der Waals surface area contributed by atoms with E-state index in [4.69, 9.17) is 5.73 Å². The Hall–Kier alpha value is -0.810. The van der Waals surface area contributed by atoms with Crippen LogP contribution in [0.15, 0.2) is 0 Å². The first-order chi connectivity index (χ1) is 6.11. The smallest absolute Gasteiger partial charge is 0.239 e. The summed E-state index contributed by atoms with van der Waals surface area (Å²) in [5.74, 6) is -0.600. The Morgan fingerprint density at radius 2 is 2.21 bits per heavy atom. The third-order valence-corrected chi connectivity index (χ3v) is 2.22. The van der Waals surface area contributed by atoms with Crippen LogP contribution in [-0.2, 0) is 9.59 Å². The van der Waals surface area contributed by atoms with E-state index in [1.165, 1.54) is 0 Å². The molecule has 2 atom stereocenters. The molecule has 0 saturated carbocycles. The molecule has 0 unspecified atom stereocenters. The van der Waals surface area contributed by atoms with Crippen LogP contribution >= 0.6 is 12.4 Å². The second-order valence-corrected chi connectivity index (χ2v) is 3.32. The van der Waals surface area contributed by atoms with Gasteiger partial charge in [-0.3, -0.25) is 9.59 Å². The van der Waals surface area contributed by atoms with Crippen molar-refractivity contribution >= 4 is 24.2 Å². The SMILES string of the molecule is C[C@H](NC(=O)[C@H]1CCNC1)C(N)=O.Cl. The van der Waals surface area contributed by atoms with E-state index in [1.54, 1.807) is 6.92 Å². The van der Waals surface area contributed by atoms with Crippen molar-refractivity contribution in [2.24, 2.45) is 11.7 Å². The van der Waals surface area contributed by atoms with E-state index >= 15 is 0 Å². The fraction of sp³-hybridized carbons (Fsp3) is 0.750. The lowest BCUT2D eigenvalue weighted by atomic mass is 10.1. The van der Waals surface area contributed by atoms with Gasteiger partial charge in [-0.15, -0.1) is 12.4 Å². The highest BCUT2D eigenvalue weighted by Gasteiger charge is 2.24. The molecule has 1 aliphatic rings. The second-order valence-electron chi connectivity index (χ2n) is 3.32. The first-order valence-corrected chi connectivity index (χ1v) is 4.41. The molecule has 4 N–H and O–H groups in total. The monoisotopic (exact) mass is 221 g/mol. The van der Waals surface area contributed by atoms with Gasteiger partial charge in [0.05, 0.1) is 5.92 Å². The first kappa shape index (κ1) is 13.2. The van der Waals surface area contributed by atoms with Crippen molar-refractivity contribution in [2.75, 3.05) is 13.1 Å². The van der Waals surface area contributed by atoms with Gasteiger partial charge in [0.25, 0.3) is 0 Å². The Morgan fingerprint density at radius 3 is 2.64 bits per heavy atom. The number of nitrogens with one attached hydrogen (secondary N) is 2. The molecule has 0 spiro atoms. The van der Waals surface area contributed by atoms with Gasteiger partial charge in [0, 0.05) is 6.54 Å². The molecule has 0 bridgehead atoms. The third-order valence-electron chi connectivity index (χ3n) is 2.22. The zero-order valence-corrected chi connectivity index (χ0v) is 8.89. The normalized spacial score (nSPS) is 22.2. The molecule has 1 rings (SSSR count). The molecule has 14 heavy (non-hydrogen) atoms. The topological polar surface area (TPSA) is 84.2 Å². The van der Waals surface area contributed by atoms with Crippen LogP contribution in [0.5, 0.6) is 0 Å². The van der Waals surface area contributed by atoms with Gasteiger partial charge >= 0.3 is 0 Å². The molecule has 1 aliphatic heterocycles. The predicted molar refractivity (Wildman–Crippen MR) is 55.0 cm³/mol. The van der Waals surface area contributed by atoms with Gasteiger partial charge in [0.1, 0.15) is 6.04 Å². The van der Waals surface area contributed by atoms with Crippen LogP contribution in [0.25, 0.3) is 0 Å². The van der Waals surface area contributed by atoms with Crippen molar-refractivity contribution in [2.45, 2.75) is 19.4 Å². The standard InChI is InChI=1S/C8H15N3O2.ClH/c1-5(7(9)12)11-8(13)6-2-3-10-4-6;/h5-6,10H,2-4H2,1H3,(H2,9,12)(H,11,13);1H/t5-,6-;/m0./s1. The van der Waals surface area contributed by atoms with E-state index in [2.05, 4.69) is 10.6 Å². The van der Waals surface area contributed by atoms with Crippen LogP contribution in [0.2, 0.25) is 0 Å². The average molecular weight is 222 g/mol. The zero-order chi connectivity index (χ0) is 9.84. The summed E-state index contributed by atoms with van der Waals surface area (Å²) in [6.45, 7) is 3.14. The van der Waals surface area contributed by atoms with Crippen LogP contribution in [0.1, 0.15) is 13.3 Å². The van der Waals surface area contributed by atoms with Crippen molar-refractivity contribution in [1.82, 2.24) is 10.6 Å². The fourth-order valence-electron chi connectivity index (χ4n) is 1.28. The second kappa shape index (κ2) is 5.82. The molecule has 0 aliphatic carbocycles. The van der Waals surface area contributed by atoms with Crippen LogP contribution in [0.4, 0.5) is 0 Å². The van der Waals surface area contributed by atoms with Gasteiger partial charge in [-0.05, 0) is 19.9 Å². The summed E-state index contributed by atoms with van der Waals surface area (Å²) in [5, 5.41) is 5.65. The summed E-state index contributed by atoms with van der Waals surface area (Å²) in [7, 11) is 0. The summed E-state index contributed by atoms with van der Waals surface area (Å²) < 4.78 is 0. The van der Waals surface area contributed by atoms with Gasteiger partial charge in [0.2, 0.25) is 11.8 Å². The number of nitrogens with two attached hydrogens (primary N) is 1. The molecular formula is C8H16ClN3O2. The highest BCUT2D eigenvalue weighted by Crippen LogP contribution is 2.07. The van der Waals surface area contributed by atoms with Crippen LogP contribution in [0, 0.1) is 5.92 Å². The van der Waals surface area contributed by atoms with Gasteiger partial charge in [0.15, 0.2) is 0 Å². The molecule has 0 aromatic carbocycles. The number of rotatable bonds is 3. The van der Waals surface area contributed by atoms with Gasteiger partial charge in [-0.1, -0.05) is 0 Å². The zero-order valence-electron chi connectivity index (χ0n) is 8.08. The van der Waals surface area contributed by atoms with Crippen molar-refractivity contribution in [3.63, 3.8) is 0 Å². The lowest BCUT2D eigenvalue weighted by Gasteiger charge is -2.13. The molecule has 0 aromatic heterocycles. The van der Waals surface area contributed by atoms with Crippen LogP contribution in [0.3, 0.4) is 0 Å². The molecule has 1 fully saturated rings. The molecule has 6 heteroatoms. The van der Waals surface area contributed by atoms with Crippen molar-refractivity contribution in [3.05, 3.63) is 0 Å². The van der Waals surface area contributed by atoms with Crippen molar-refractivity contribution in [3.8, 4) is 0 Å². The lowest BCUT2D eigenvalue weighted by molar-refractivity contribution is -0.129. The largest absolute Gasteiger partial charge is 0.368 e. The van der Waals surface area contributed by atoms with Gasteiger partial charge in [-0.2, -0.15) is 0 Å². The van der Waals surface area contributed by atoms with Crippen LogP contribution in [-0.4, -0.2) is 30.9 Å². The van der Waals surface area contributed by atoms with E-state index in [0.717, 1.165) is 13.0 Å². The summed E-state index contributed by atoms with van der Waals surface area (Å²) >= 11 is 0. The number of hydrogen-bond donors (Lipinski definition) is 3. The Bertz CT molecular complexity index is 217. The molecule has 82 valence electrons. The van der Waals surface area contributed by atoms with E-state index in [0.29, 0.717) is 6.54 Å². The Kier molecular flexibility index (Phi) is 5.49. The third kappa shape index (κ3) is 3.51. The number of halogens is 1. The van der Waals surface area contributed by atoms with Crippen molar-refractivity contribution < 1.29 is 9.59 Å². The highest BCUT2D eigenvalue weighted by atomic mass is 35.5. The van der Waals surface area contributed by atoms with Gasteiger partial charge in [-0.25, -0.2) is 0 Å². The minimum Gasteiger partial charge on any atom is -0.368 e. The quantitative estimate of drug-likeness (QED) is 0.572. The highest BCUT2D eigenvalue weighted by molar-refractivity contribution is 5.87. The maximum atomic E-state index is 11.4. The summed E-state index contributed by atoms with van der Waals surface area (Å²) in [6.07, 6.45) is 0.831. The van der Waals surface area contributed by atoms with Crippen molar-refractivity contribution in [1.29, 1.82) is 0 Å². The minimum absolute atomic E-state index is 0. The molecule has 5 nitrogen and oxygen atoms in total. The van der Waals surface area contributed by atoms with Gasteiger partial charge < -0.3 is 16.4 Å². The summed E-state index contributed by atoms with van der Waals surface area (Å²) in [6, 6.07) is -0.576. The van der Waals surface area contributed by atoms with Crippen LogP contribution < -0.4 is 16.4 Å². The Morgan fingerprint density at radius 1 is 1.57 bits per heavy atom. The molecule has 0 radical (unpaired) electrons. The Balaban J connectivity index is 0.00000169. The molecule has 1 saturated heterocycles. The first-order valence-electron chi connectivity index (χ1n) is 4.41. The minimum atomic E-state index is -0.576. The fourth-order valence-corrected chi connectivity index (χ4v) is 1.28. The summed E-state index contributed by atoms with van der Waals surface area (Å²) in [4.78, 5) is 22.0. The lowest BCUT2D eigenvalue weighted by Crippen LogP contribution is -2.45. The number of carbonyl (C=O) groups is 2. The maximum absolute atomic E-state index is 11.4. The number of hydrogen-bond acceptors (Lipinski definition) is 3. The molecular weight excluding hydrogens is 206 g/mol. The number of carbonyl (C=O) groups excluding carboxylic acids is 2.